The second-order valence-electron chi connectivity index (χ2n) is 4.10. The molecule has 0 fully saturated rings. The maximum Gasteiger partial charge on any atom is 0.0703 e. The summed E-state index contributed by atoms with van der Waals surface area (Å²) >= 11 is 0. The third-order valence-electron chi connectivity index (χ3n) is 2.29. The molecular weight excluding hydrogens is 196 g/mol. The van der Waals surface area contributed by atoms with Crippen LogP contribution in [0.4, 0.5) is 5.69 Å². The van der Waals surface area contributed by atoms with E-state index < -0.39 is 0 Å². The highest BCUT2D eigenvalue weighted by molar-refractivity contribution is 5.60. The maximum atomic E-state index is 4.44. The quantitative estimate of drug-likeness (QED) is 0.841. The molecule has 1 aromatic carbocycles. The zero-order valence-corrected chi connectivity index (χ0v) is 9.64. The molecule has 2 nitrogen and oxygen atoms in total. The Morgan fingerprint density at radius 2 is 1.75 bits per heavy atom. The van der Waals surface area contributed by atoms with Crippen LogP contribution in [0.5, 0.6) is 0 Å². The molecule has 2 heteroatoms. The monoisotopic (exact) mass is 212 g/mol. The van der Waals surface area contributed by atoms with E-state index >= 15 is 0 Å². The molecule has 16 heavy (non-hydrogen) atoms. The van der Waals surface area contributed by atoms with Crippen molar-refractivity contribution in [1.29, 1.82) is 0 Å². The summed E-state index contributed by atoms with van der Waals surface area (Å²) in [4.78, 5) is 4.44. The van der Waals surface area contributed by atoms with Gasteiger partial charge in [0, 0.05) is 11.6 Å². The lowest BCUT2D eigenvalue weighted by molar-refractivity contribution is 0.898. The molecule has 1 aromatic heterocycles. The fourth-order valence-electron chi connectivity index (χ4n) is 1.59. The van der Waals surface area contributed by atoms with E-state index in [2.05, 4.69) is 42.3 Å². The predicted octanol–water partition coefficient (Wildman–Crippen LogP) is 3.57. The number of benzene rings is 1. The van der Waals surface area contributed by atoms with Crippen molar-refractivity contribution in [2.45, 2.75) is 19.9 Å². The van der Waals surface area contributed by atoms with Gasteiger partial charge in [-0.2, -0.15) is 0 Å². The third kappa shape index (κ3) is 2.60. The molecular formula is C14H16N2. The highest BCUT2D eigenvalue weighted by atomic mass is 14.9. The molecule has 0 unspecified atom stereocenters. The van der Waals surface area contributed by atoms with E-state index in [0.717, 1.165) is 16.9 Å². The molecule has 2 aromatic rings. The van der Waals surface area contributed by atoms with Crippen molar-refractivity contribution in [2.24, 2.45) is 0 Å². The minimum absolute atomic E-state index is 0.435. The lowest BCUT2D eigenvalue weighted by atomic mass is 10.1. The van der Waals surface area contributed by atoms with Gasteiger partial charge in [0.15, 0.2) is 0 Å². The van der Waals surface area contributed by atoms with Crippen LogP contribution >= 0.6 is 0 Å². The molecule has 0 saturated carbocycles. The van der Waals surface area contributed by atoms with Gasteiger partial charge in [-0.15, -0.1) is 0 Å². The van der Waals surface area contributed by atoms with E-state index in [1.165, 1.54) is 0 Å². The lowest BCUT2D eigenvalue weighted by Crippen LogP contribution is -2.09. The number of pyridine rings is 1. The largest absolute Gasteiger partial charge is 0.382 e. The van der Waals surface area contributed by atoms with Crippen LogP contribution in [0.2, 0.25) is 0 Å². The number of nitrogens with zero attached hydrogens (tertiary/aromatic N) is 1. The summed E-state index contributed by atoms with van der Waals surface area (Å²) in [5.74, 6) is 0. The summed E-state index contributed by atoms with van der Waals surface area (Å²) in [7, 11) is 0. The van der Waals surface area contributed by atoms with E-state index in [1.54, 1.807) is 0 Å². The molecule has 2 rings (SSSR count). The van der Waals surface area contributed by atoms with Crippen LogP contribution < -0.4 is 5.32 Å². The highest BCUT2D eigenvalue weighted by Gasteiger charge is 1.99. The van der Waals surface area contributed by atoms with Crippen molar-refractivity contribution in [1.82, 2.24) is 4.98 Å². The fraction of sp³-hybridized carbons (Fsp3) is 0.214. The summed E-state index contributed by atoms with van der Waals surface area (Å²) in [6.45, 7) is 4.23. The molecule has 0 atom stereocenters. The Hall–Kier alpha value is -1.83. The Kier molecular flexibility index (Phi) is 3.20. The summed E-state index contributed by atoms with van der Waals surface area (Å²) < 4.78 is 0. The normalized spacial score (nSPS) is 10.4. The Labute approximate surface area is 96.4 Å². The highest BCUT2D eigenvalue weighted by Crippen LogP contribution is 2.18. The standard InChI is InChI=1S/C14H16N2/c1-11(2)16-13-8-9-14(15-10-13)12-6-4-3-5-7-12/h3-11,16H,1-2H3. The van der Waals surface area contributed by atoms with Gasteiger partial charge in [-0.3, -0.25) is 4.98 Å². The van der Waals surface area contributed by atoms with E-state index in [0.29, 0.717) is 6.04 Å². The number of anilines is 1. The average molecular weight is 212 g/mol. The number of rotatable bonds is 3. The first kappa shape index (κ1) is 10.7. The molecule has 0 aliphatic rings. The van der Waals surface area contributed by atoms with Gasteiger partial charge in [0.05, 0.1) is 17.6 Å². The molecule has 0 aliphatic heterocycles. The second kappa shape index (κ2) is 4.79. The Morgan fingerprint density at radius 3 is 2.31 bits per heavy atom. The first-order valence-corrected chi connectivity index (χ1v) is 5.54. The van der Waals surface area contributed by atoms with Crippen LogP contribution in [-0.4, -0.2) is 11.0 Å². The Bertz CT molecular complexity index is 432. The number of nitrogens with one attached hydrogen (secondary N) is 1. The van der Waals surface area contributed by atoms with Gasteiger partial charge < -0.3 is 5.32 Å². The smallest absolute Gasteiger partial charge is 0.0703 e. The zero-order valence-electron chi connectivity index (χ0n) is 9.64. The van der Waals surface area contributed by atoms with Crippen molar-refractivity contribution in [3.05, 3.63) is 48.7 Å². The molecule has 0 aliphatic carbocycles. The van der Waals surface area contributed by atoms with Gasteiger partial charge in [0.25, 0.3) is 0 Å². The SMILES string of the molecule is CC(C)Nc1ccc(-c2ccccc2)nc1. The van der Waals surface area contributed by atoms with E-state index in [1.807, 2.05) is 30.5 Å². The minimum atomic E-state index is 0.435. The first-order valence-electron chi connectivity index (χ1n) is 5.54. The topological polar surface area (TPSA) is 24.9 Å². The van der Waals surface area contributed by atoms with Crippen molar-refractivity contribution in [3.63, 3.8) is 0 Å². The van der Waals surface area contributed by atoms with E-state index in [4.69, 9.17) is 0 Å². The second-order valence-corrected chi connectivity index (χ2v) is 4.10. The van der Waals surface area contributed by atoms with Crippen LogP contribution in [0, 0.1) is 0 Å². The van der Waals surface area contributed by atoms with Crippen molar-refractivity contribution >= 4 is 5.69 Å². The van der Waals surface area contributed by atoms with Gasteiger partial charge >= 0.3 is 0 Å². The van der Waals surface area contributed by atoms with E-state index in [-0.39, 0.29) is 0 Å². The summed E-state index contributed by atoms with van der Waals surface area (Å²) in [6, 6.07) is 14.7. The van der Waals surface area contributed by atoms with Crippen LogP contribution in [0.1, 0.15) is 13.8 Å². The summed E-state index contributed by atoms with van der Waals surface area (Å²) in [6.07, 6.45) is 1.88. The number of hydrogen-bond donors (Lipinski definition) is 1. The Balaban J connectivity index is 2.20. The minimum Gasteiger partial charge on any atom is -0.382 e. The molecule has 1 N–H and O–H groups in total. The molecule has 0 spiro atoms. The Morgan fingerprint density at radius 1 is 1.00 bits per heavy atom. The van der Waals surface area contributed by atoms with Crippen molar-refractivity contribution < 1.29 is 0 Å². The van der Waals surface area contributed by atoms with Gasteiger partial charge in [-0.05, 0) is 26.0 Å². The van der Waals surface area contributed by atoms with Crippen molar-refractivity contribution in [2.75, 3.05) is 5.32 Å². The fourth-order valence-corrected chi connectivity index (χ4v) is 1.59. The molecule has 0 bridgehead atoms. The van der Waals surface area contributed by atoms with Gasteiger partial charge in [-0.1, -0.05) is 30.3 Å². The van der Waals surface area contributed by atoms with E-state index in [9.17, 15) is 0 Å². The van der Waals surface area contributed by atoms with Gasteiger partial charge in [0.1, 0.15) is 0 Å². The van der Waals surface area contributed by atoms with Crippen LogP contribution in [0.15, 0.2) is 48.7 Å². The molecule has 0 radical (unpaired) electrons. The summed E-state index contributed by atoms with van der Waals surface area (Å²) in [5.41, 5.74) is 3.23. The first-order chi connectivity index (χ1) is 7.75. The lowest BCUT2D eigenvalue weighted by Gasteiger charge is -2.09. The molecule has 0 saturated heterocycles. The summed E-state index contributed by atoms with van der Waals surface area (Å²) in [5, 5.41) is 3.32. The number of hydrogen-bond acceptors (Lipinski definition) is 2. The number of aromatic nitrogens is 1. The maximum absolute atomic E-state index is 4.44. The molecule has 0 amide bonds. The van der Waals surface area contributed by atoms with Crippen LogP contribution in [0.25, 0.3) is 11.3 Å². The van der Waals surface area contributed by atoms with Crippen LogP contribution in [-0.2, 0) is 0 Å². The molecule has 82 valence electrons. The van der Waals surface area contributed by atoms with Gasteiger partial charge in [0.2, 0.25) is 0 Å². The zero-order chi connectivity index (χ0) is 11.4. The van der Waals surface area contributed by atoms with Crippen molar-refractivity contribution in [3.8, 4) is 11.3 Å². The van der Waals surface area contributed by atoms with Gasteiger partial charge in [-0.25, -0.2) is 0 Å². The predicted molar refractivity (Wildman–Crippen MR) is 68.4 cm³/mol. The molecule has 1 heterocycles. The van der Waals surface area contributed by atoms with Crippen LogP contribution in [0.3, 0.4) is 0 Å². The average Bonchev–Trinajstić information content (AvgIpc) is 2.30. The third-order valence-corrected chi connectivity index (χ3v) is 2.29.